The summed E-state index contributed by atoms with van der Waals surface area (Å²) in [6.07, 6.45) is 0. The van der Waals surface area contributed by atoms with Crippen molar-refractivity contribution in [3.05, 3.63) is 45.6 Å². The molecule has 3 aromatic rings. The van der Waals surface area contributed by atoms with Gasteiger partial charge in [0.05, 0.1) is 34.5 Å². The molecule has 22 heavy (non-hydrogen) atoms. The SMILES string of the molecule is COC(=O)c1cc(-c2ccc(Cl)cc2Cl)nc2onc(C)c12. The summed E-state index contributed by atoms with van der Waals surface area (Å²) in [7, 11) is 1.31. The molecular formula is C15H10Cl2N2O3. The van der Waals surface area contributed by atoms with Crippen molar-refractivity contribution in [3.63, 3.8) is 0 Å². The van der Waals surface area contributed by atoms with E-state index in [0.717, 1.165) is 0 Å². The van der Waals surface area contributed by atoms with Crippen molar-refractivity contribution in [2.45, 2.75) is 6.92 Å². The quantitative estimate of drug-likeness (QED) is 0.653. The fourth-order valence-electron chi connectivity index (χ4n) is 2.20. The Bertz CT molecular complexity index is 890. The first-order valence-electron chi connectivity index (χ1n) is 6.32. The molecule has 2 aromatic heterocycles. The number of hydrogen-bond donors (Lipinski definition) is 0. The molecule has 2 heterocycles. The van der Waals surface area contributed by atoms with Crippen molar-refractivity contribution in [1.29, 1.82) is 0 Å². The smallest absolute Gasteiger partial charge is 0.338 e. The molecule has 0 radical (unpaired) electrons. The largest absolute Gasteiger partial charge is 0.465 e. The Kier molecular flexibility index (Phi) is 3.76. The third-order valence-corrected chi connectivity index (χ3v) is 3.78. The number of pyridine rings is 1. The van der Waals surface area contributed by atoms with Gasteiger partial charge in [0.25, 0.3) is 5.71 Å². The molecule has 7 heteroatoms. The van der Waals surface area contributed by atoms with Crippen LogP contribution in [-0.4, -0.2) is 23.2 Å². The first-order valence-corrected chi connectivity index (χ1v) is 7.07. The van der Waals surface area contributed by atoms with Crippen LogP contribution in [0.4, 0.5) is 0 Å². The van der Waals surface area contributed by atoms with Gasteiger partial charge in [-0.2, -0.15) is 0 Å². The van der Waals surface area contributed by atoms with Crippen molar-refractivity contribution in [1.82, 2.24) is 10.1 Å². The van der Waals surface area contributed by atoms with Crippen LogP contribution in [0.15, 0.2) is 28.8 Å². The number of ether oxygens (including phenoxy) is 1. The molecule has 0 saturated heterocycles. The van der Waals surface area contributed by atoms with E-state index in [9.17, 15) is 4.79 Å². The lowest BCUT2D eigenvalue weighted by Crippen LogP contribution is -2.03. The average Bonchev–Trinajstić information content (AvgIpc) is 2.87. The van der Waals surface area contributed by atoms with Crippen LogP contribution in [0.3, 0.4) is 0 Å². The molecule has 0 saturated carbocycles. The Morgan fingerprint density at radius 2 is 2.05 bits per heavy atom. The summed E-state index contributed by atoms with van der Waals surface area (Å²) < 4.78 is 9.99. The second-order valence-electron chi connectivity index (χ2n) is 4.62. The number of halogens is 2. The number of carbonyl (C=O) groups excluding carboxylic acids is 1. The van der Waals surface area contributed by atoms with E-state index in [1.54, 1.807) is 31.2 Å². The number of fused-ring (bicyclic) bond motifs is 1. The van der Waals surface area contributed by atoms with Crippen molar-refractivity contribution < 1.29 is 14.1 Å². The molecular weight excluding hydrogens is 327 g/mol. The van der Waals surface area contributed by atoms with Gasteiger partial charge in [-0.05, 0) is 31.2 Å². The van der Waals surface area contributed by atoms with Gasteiger partial charge in [-0.1, -0.05) is 28.4 Å². The van der Waals surface area contributed by atoms with E-state index in [1.807, 2.05) is 0 Å². The Morgan fingerprint density at radius 3 is 2.73 bits per heavy atom. The lowest BCUT2D eigenvalue weighted by molar-refractivity contribution is 0.0603. The van der Waals surface area contributed by atoms with Gasteiger partial charge < -0.3 is 9.26 Å². The predicted octanol–water partition coefficient (Wildman–Crippen LogP) is 4.29. The van der Waals surface area contributed by atoms with E-state index in [2.05, 4.69) is 10.1 Å². The van der Waals surface area contributed by atoms with Gasteiger partial charge >= 0.3 is 5.97 Å². The number of carbonyl (C=O) groups is 1. The summed E-state index contributed by atoms with van der Waals surface area (Å²) in [5, 5.41) is 5.31. The van der Waals surface area contributed by atoms with E-state index in [0.29, 0.717) is 37.9 Å². The highest BCUT2D eigenvalue weighted by atomic mass is 35.5. The number of nitrogens with zero attached hydrogens (tertiary/aromatic N) is 2. The molecule has 0 aliphatic carbocycles. The average molecular weight is 337 g/mol. The first kappa shape index (κ1) is 14.8. The van der Waals surface area contributed by atoms with Crippen LogP contribution in [0.1, 0.15) is 16.1 Å². The Hall–Kier alpha value is -2.11. The summed E-state index contributed by atoms with van der Waals surface area (Å²) in [5.41, 5.74) is 2.25. The maximum absolute atomic E-state index is 12.0. The van der Waals surface area contributed by atoms with E-state index in [4.69, 9.17) is 32.5 Å². The van der Waals surface area contributed by atoms with Gasteiger partial charge in [-0.15, -0.1) is 0 Å². The zero-order chi connectivity index (χ0) is 15.9. The normalized spacial score (nSPS) is 10.9. The Morgan fingerprint density at radius 1 is 1.27 bits per heavy atom. The highest BCUT2D eigenvalue weighted by Gasteiger charge is 2.20. The molecule has 0 bridgehead atoms. The Labute approximate surface area is 135 Å². The molecule has 5 nitrogen and oxygen atoms in total. The minimum absolute atomic E-state index is 0.251. The van der Waals surface area contributed by atoms with E-state index in [1.165, 1.54) is 7.11 Å². The molecule has 0 spiro atoms. The number of benzene rings is 1. The molecule has 0 aliphatic rings. The van der Waals surface area contributed by atoms with Crippen LogP contribution in [0.5, 0.6) is 0 Å². The molecule has 0 aliphatic heterocycles. The minimum Gasteiger partial charge on any atom is -0.465 e. The molecule has 0 N–H and O–H groups in total. The number of aromatic nitrogens is 2. The van der Waals surface area contributed by atoms with Crippen LogP contribution in [0.2, 0.25) is 10.0 Å². The lowest BCUT2D eigenvalue weighted by atomic mass is 10.1. The van der Waals surface area contributed by atoms with Crippen LogP contribution in [0.25, 0.3) is 22.4 Å². The second kappa shape index (κ2) is 5.59. The van der Waals surface area contributed by atoms with Crippen LogP contribution >= 0.6 is 23.2 Å². The molecule has 0 unspecified atom stereocenters. The number of methoxy groups -OCH3 is 1. The van der Waals surface area contributed by atoms with Crippen LogP contribution in [0, 0.1) is 6.92 Å². The summed E-state index contributed by atoms with van der Waals surface area (Å²) in [4.78, 5) is 16.4. The monoisotopic (exact) mass is 336 g/mol. The zero-order valence-electron chi connectivity index (χ0n) is 11.7. The topological polar surface area (TPSA) is 65.2 Å². The molecule has 112 valence electrons. The molecule has 0 amide bonds. The Balaban J connectivity index is 2.29. The third kappa shape index (κ3) is 2.42. The standard InChI is InChI=1S/C15H10Cl2N2O3/c1-7-13-10(15(20)21-2)6-12(18-14(13)22-19-7)9-4-3-8(16)5-11(9)17/h3-6H,1-2H3. The number of hydrogen-bond acceptors (Lipinski definition) is 5. The maximum atomic E-state index is 12.0. The molecule has 3 rings (SSSR count). The van der Waals surface area contributed by atoms with Gasteiger partial charge in [0, 0.05) is 10.6 Å². The highest BCUT2D eigenvalue weighted by Crippen LogP contribution is 2.32. The summed E-state index contributed by atoms with van der Waals surface area (Å²) >= 11 is 12.1. The van der Waals surface area contributed by atoms with Crippen molar-refractivity contribution >= 4 is 40.3 Å². The number of aryl methyl sites for hydroxylation is 1. The fraction of sp³-hybridized carbons (Fsp3) is 0.133. The summed E-state index contributed by atoms with van der Waals surface area (Å²) in [5.74, 6) is -0.495. The molecule has 1 aromatic carbocycles. The van der Waals surface area contributed by atoms with E-state index >= 15 is 0 Å². The molecule has 0 fully saturated rings. The highest BCUT2D eigenvalue weighted by molar-refractivity contribution is 6.36. The van der Waals surface area contributed by atoms with Gasteiger partial charge in [0.1, 0.15) is 0 Å². The van der Waals surface area contributed by atoms with Crippen molar-refractivity contribution in [2.75, 3.05) is 7.11 Å². The summed E-state index contributed by atoms with van der Waals surface area (Å²) in [6, 6.07) is 6.63. The van der Waals surface area contributed by atoms with Gasteiger partial charge in [-0.25, -0.2) is 9.78 Å². The fourth-order valence-corrected chi connectivity index (χ4v) is 2.71. The number of esters is 1. The van der Waals surface area contributed by atoms with Gasteiger partial charge in [-0.3, -0.25) is 0 Å². The van der Waals surface area contributed by atoms with Gasteiger partial charge in [0.2, 0.25) is 0 Å². The predicted molar refractivity (Wildman–Crippen MR) is 83.3 cm³/mol. The molecule has 0 atom stereocenters. The second-order valence-corrected chi connectivity index (χ2v) is 5.46. The van der Waals surface area contributed by atoms with Crippen LogP contribution in [-0.2, 0) is 4.74 Å². The maximum Gasteiger partial charge on any atom is 0.338 e. The lowest BCUT2D eigenvalue weighted by Gasteiger charge is -2.07. The van der Waals surface area contributed by atoms with E-state index in [-0.39, 0.29) is 5.71 Å². The van der Waals surface area contributed by atoms with Crippen LogP contribution < -0.4 is 0 Å². The third-order valence-electron chi connectivity index (χ3n) is 3.23. The van der Waals surface area contributed by atoms with E-state index < -0.39 is 5.97 Å². The van der Waals surface area contributed by atoms with Crippen molar-refractivity contribution in [2.24, 2.45) is 0 Å². The number of rotatable bonds is 2. The first-order chi connectivity index (χ1) is 10.5. The summed E-state index contributed by atoms with van der Waals surface area (Å²) in [6.45, 7) is 1.73. The van der Waals surface area contributed by atoms with Crippen molar-refractivity contribution in [3.8, 4) is 11.3 Å². The minimum atomic E-state index is -0.495. The zero-order valence-corrected chi connectivity index (χ0v) is 13.2. The van der Waals surface area contributed by atoms with Gasteiger partial charge in [0.15, 0.2) is 0 Å².